The molecule has 1 atom stereocenters. The van der Waals surface area contributed by atoms with E-state index in [9.17, 15) is 15.2 Å². The number of thiophene rings is 1. The number of anilines is 1. The van der Waals surface area contributed by atoms with Crippen LogP contribution < -0.4 is 5.32 Å². The van der Waals surface area contributed by atoms with Gasteiger partial charge in [0.2, 0.25) is 5.91 Å². The first-order chi connectivity index (χ1) is 11.7. The molecule has 0 aromatic carbocycles. The van der Waals surface area contributed by atoms with Gasteiger partial charge in [-0.15, -0.1) is 11.3 Å². The molecule has 0 saturated carbocycles. The highest BCUT2D eigenvalue weighted by molar-refractivity contribution is 7.16. The van der Waals surface area contributed by atoms with E-state index in [0.29, 0.717) is 23.4 Å². The van der Waals surface area contributed by atoms with E-state index < -0.39 is 0 Å². The Kier molecular flexibility index (Phi) is 5.24. The predicted octanol–water partition coefficient (Wildman–Crippen LogP) is 2.68. The first kappa shape index (κ1) is 16.6. The quantitative estimate of drug-likeness (QED) is 0.875. The maximum absolute atomic E-state index is 12.2. The Hall–Kier alpha value is -2.23. The van der Waals surface area contributed by atoms with Crippen molar-refractivity contribution in [3.05, 3.63) is 46.1 Å². The molecule has 0 aliphatic heterocycles. The molecule has 0 saturated heterocycles. The van der Waals surface area contributed by atoms with E-state index in [2.05, 4.69) is 16.4 Å². The molecular weight excluding hydrogens is 322 g/mol. The van der Waals surface area contributed by atoms with E-state index in [1.807, 2.05) is 12.1 Å². The zero-order valence-electron chi connectivity index (χ0n) is 13.3. The van der Waals surface area contributed by atoms with Crippen molar-refractivity contribution < 1.29 is 9.90 Å². The van der Waals surface area contributed by atoms with Gasteiger partial charge >= 0.3 is 0 Å². The highest BCUT2D eigenvalue weighted by atomic mass is 32.1. The van der Waals surface area contributed by atoms with Crippen LogP contribution in [0.25, 0.3) is 0 Å². The molecule has 1 amide bonds. The molecule has 2 aromatic heterocycles. The third kappa shape index (κ3) is 3.64. The SMILES string of the molecule is N#Cc1c(NC(=O)CCc2cccnc2)sc2c1CCC(CO)C2. The molecule has 3 rings (SSSR count). The minimum atomic E-state index is -0.0901. The maximum atomic E-state index is 12.2. The summed E-state index contributed by atoms with van der Waals surface area (Å²) < 4.78 is 0. The Morgan fingerprint density at radius 2 is 2.42 bits per heavy atom. The van der Waals surface area contributed by atoms with Crippen molar-refractivity contribution in [3.63, 3.8) is 0 Å². The molecule has 6 heteroatoms. The summed E-state index contributed by atoms with van der Waals surface area (Å²) in [7, 11) is 0. The molecule has 2 N–H and O–H groups in total. The number of hydrogen-bond donors (Lipinski definition) is 2. The Bertz CT molecular complexity index is 765. The van der Waals surface area contributed by atoms with Gasteiger partial charge in [-0.2, -0.15) is 5.26 Å². The van der Waals surface area contributed by atoms with Gasteiger partial charge in [0.1, 0.15) is 11.1 Å². The van der Waals surface area contributed by atoms with Gasteiger partial charge < -0.3 is 10.4 Å². The summed E-state index contributed by atoms with van der Waals surface area (Å²) in [4.78, 5) is 17.4. The molecular formula is C18H19N3O2S. The number of aliphatic hydroxyl groups is 1. The Morgan fingerprint density at radius 1 is 1.54 bits per heavy atom. The van der Waals surface area contributed by atoms with Gasteiger partial charge in [0.25, 0.3) is 0 Å². The van der Waals surface area contributed by atoms with Crippen molar-refractivity contribution in [2.24, 2.45) is 5.92 Å². The number of aryl methyl sites for hydroxylation is 1. The number of rotatable bonds is 5. The normalized spacial score (nSPS) is 16.2. The lowest BCUT2D eigenvalue weighted by atomic mass is 9.88. The number of nitrogens with one attached hydrogen (secondary N) is 1. The molecule has 0 fully saturated rings. The summed E-state index contributed by atoms with van der Waals surface area (Å²) in [5.74, 6) is 0.171. The van der Waals surface area contributed by atoms with Crippen LogP contribution in [0.3, 0.4) is 0 Å². The highest BCUT2D eigenvalue weighted by Gasteiger charge is 2.26. The minimum Gasteiger partial charge on any atom is -0.396 e. The van der Waals surface area contributed by atoms with E-state index in [1.165, 1.54) is 11.3 Å². The van der Waals surface area contributed by atoms with E-state index in [-0.39, 0.29) is 18.4 Å². The number of nitrogens with zero attached hydrogens (tertiary/aromatic N) is 2. The number of aromatic nitrogens is 1. The predicted molar refractivity (Wildman–Crippen MR) is 92.8 cm³/mol. The fourth-order valence-electron chi connectivity index (χ4n) is 3.01. The third-order valence-electron chi connectivity index (χ3n) is 4.35. The molecule has 24 heavy (non-hydrogen) atoms. The van der Waals surface area contributed by atoms with Gasteiger partial charge in [0.05, 0.1) is 5.56 Å². The van der Waals surface area contributed by atoms with Gasteiger partial charge in [0.15, 0.2) is 0 Å². The van der Waals surface area contributed by atoms with Crippen LogP contribution in [-0.2, 0) is 24.1 Å². The van der Waals surface area contributed by atoms with Crippen molar-refractivity contribution in [2.45, 2.75) is 32.1 Å². The van der Waals surface area contributed by atoms with Crippen molar-refractivity contribution in [2.75, 3.05) is 11.9 Å². The van der Waals surface area contributed by atoms with Crippen LogP contribution in [0.15, 0.2) is 24.5 Å². The first-order valence-corrected chi connectivity index (χ1v) is 8.87. The smallest absolute Gasteiger partial charge is 0.225 e. The average Bonchev–Trinajstić information content (AvgIpc) is 2.96. The number of aliphatic hydroxyl groups excluding tert-OH is 1. The summed E-state index contributed by atoms with van der Waals surface area (Å²) in [5.41, 5.74) is 2.67. The number of pyridine rings is 1. The summed E-state index contributed by atoms with van der Waals surface area (Å²) in [5, 5.41) is 22.3. The van der Waals surface area contributed by atoms with Crippen molar-refractivity contribution in [1.82, 2.24) is 4.98 Å². The largest absolute Gasteiger partial charge is 0.396 e. The second kappa shape index (κ2) is 7.56. The number of fused-ring (bicyclic) bond motifs is 1. The zero-order chi connectivity index (χ0) is 16.9. The number of hydrogen-bond acceptors (Lipinski definition) is 5. The lowest BCUT2D eigenvalue weighted by Crippen LogP contribution is -2.16. The molecule has 1 aliphatic rings. The van der Waals surface area contributed by atoms with Crippen LogP contribution in [0.4, 0.5) is 5.00 Å². The van der Waals surface area contributed by atoms with Gasteiger partial charge in [-0.05, 0) is 48.8 Å². The monoisotopic (exact) mass is 341 g/mol. The fourth-order valence-corrected chi connectivity index (χ4v) is 4.34. The molecule has 1 unspecified atom stereocenters. The molecule has 5 nitrogen and oxygen atoms in total. The topological polar surface area (TPSA) is 86.0 Å². The number of carbonyl (C=O) groups excluding carboxylic acids is 1. The summed E-state index contributed by atoms with van der Waals surface area (Å²) >= 11 is 1.48. The van der Waals surface area contributed by atoms with Crippen LogP contribution in [-0.4, -0.2) is 22.6 Å². The summed E-state index contributed by atoms with van der Waals surface area (Å²) in [6.07, 6.45) is 6.93. The summed E-state index contributed by atoms with van der Waals surface area (Å²) in [6.45, 7) is 0.173. The second-order valence-corrected chi connectivity index (χ2v) is 7.13. The van der Waals surface area contributed by atoms with E-state index in [4.69, 9.17) is 0 Å². The van der Waals surface area contributed by atoms with Gasteiger partial charge in [0, 0.05) is 30.3 Å². The van der Waals surface area contributed by atoms with Gasteiger partial charge in [-0.3, -0.25) is 9.78 Å². The number of nitriles is 1. The third-order valence-corrected chi connectivity index (χ3v) is 5.52. The van der Waals surface area contributed by atoms with Crippen molar-refractivity contribution >= 4 is 22.2 Å². The molecule has 0 radical (unpaired) electrons. The maximum Gasteiger partial charge on any atom is 0.225 e. The molecule has 0 bridgehead atoms. The first-order valence-electron chi connectivity index (χ1n) is 8.05. The van der Waals surface area contributed by atoms with Gasteiger partial charge in [-0.25, -0.2) is 0 Å². The van der Waals surface area contributed by atoms with Crippen LogP contribution in [0.5, 0.6) is 0 Å². The molecule has 2 aromatic rings. The average molecular weight is 341 g/mol. The lowest BCUT2D eigenvalue weighted by Gasteiger charge is -2.19. The zero-order valence-corrected chi connectivity index (χ0v) is 14.1. The second-order valence-electron chi connectivity index (χ2n) is 6.02. The Balaban J connectivity index is 1.68. The molecule has 0 spiro atoms. The molecule has 2 heterocycles. The highest BCUT2D eigenvalue weighted by Crippen LogP contribution is 2.39. The molecule has 124 valence electrons. The van der Waals surface area contributed by atoms with E-state index >= 15 is 0 Å². The van der Waals surface area contributed by atoms with E-state index in [1.54, 1.807) is 12.4 Å². The van der Waals surface area contributed by atoms with Crippen molar-refractivity contribution in [1.29, 1.82) is 5.26 Å². The Morgan fingerprint density at radius 3 is 3.12 bits per heavy atom. The fraction of sp³-hybridized carbons (Fsp3) is 0.389. The lowest BCUT2D eigenvalue weighted by molar-refractivity contribution is -0.116. The van der Waals surface area contributed by atoms with Crippen LogP contribution in [0.1, 0.15) is 34.4 Å². The summed E-state index contributed by atoms with van der Waals surface area (Å²) in [6, 6.07) is 6.04. The standard InChI is InChI=1S/C18H19N3O2S/c19-9-15-14-5-3-13(11-22)8-16(14)24-18(15)21-17(23)6-4-12-2-1-7-20-10-12/h1-2,7,10,13,22H,3-6,8,11H2,(H,21,23). The molecule has 1 aliphatic carbocycles. The van der Waals surface area contributed by atoms with Gasteiger partial charge in [-0.1, -0.05) is 6.07 Å². The van der Waals surface area contributed by atoms with Crippen LogP contribution in [0.2, 0.25) is 0 Å². The Labute approximate surface area is 145 Å². The van der Waals surface area contributed by atoms with Crippen LogP contribution >= 0.6 is 11.3 Å². The number of amides is 1. The van der Waals surface area contributed by atoms with Crippen LogP contribution in [0, 0.1) is 17.2 Å². The minimum absolute atomic E-state index is 0.0901. The van der Waals surface area contributed by atoms with Crippen molar-refractivity contribution in [3.8, 4) is 6.07 Å². The number of carbonyl (C=O) groups is 1. The van der Waals surface area contributed by atoms with E-state index in [0.717, 1.165) is 35.3 Å².